The Bertz CT molecular complexity index is 1520. The maximum atomic E-state index is 14.0. The predicted molar refractivity (Wildman–Crippen MR) is 182 cm³/mol. The molecule has 11 nitrogen and oxygen atoms in total. The van der Waals surface area contributed by atoms with Crippen LogP contribution in [0.2, 0.25) is 5.02 Å². The molecule has 0 saturated carbocycles. The molecule has 0 aromatic heterocycles. The van der Waals surface area contributed by atoms with E-state index in [0.29, 0.717) is 73.4 Å². The van der Waals surface area contributed by atoms with Crippen molar-refractivity contribution >= 4 is 41.0 Å². The first-order chi connectivity index (χ1) is 22.7. The molecule has 0 aliphatic carbocycles. The number of likely N-dealkylation sites (tertiary alicyclic amines) is 2. The van der Waals surface area contributed by atoms with Gasteiger partial charge in [-0.1, -0.05) is 35.7 Å². The van der Waals surface area contributed by atoms with Crippen molar-refractivity contribution < 1.29 is 19.1 Å². The zero-order valence-electron chi connectivity index (χ0n) is 27.0. The molecule has 3 fully saturated rings. The fourth-order valence-electron chi connectivity index (χ4n) is 7.22. The van der Waals surface area contributed by atoms with Crippen molar-refractivity contribution in [2.75, 3.05) is 70.5 Å². The number of para-hydroxylation sites is 1. The van der Waals surface area contributed by atoms with E-state index >= 15 is 0 Å². The summed E-state index contributed by atoms with van der Waals surface area (Å²) in [4.78, 5) is 50.6. The summed E-state index contributed by atoms with van der Waals surface area (Å²) in [6, 6.07) is 11.5. The number of nitrogens with zero attached hydrogens (tertiary/aromatic N) is 5. The Labute approximate surface area is 281 Å². The number of nitrogens with one attached hydrogen (secondary N) is 1. The lowest BCUT2D eigenvalue weighted by molar-refractivity contribution is -0.142. The fraction of sp³-hybridized carbons (Fsp3) is 0.514. The Morgan fingerprint density at radius 1 is 1.00 bits per heavy atom. The number of urea groups is 1. The molecule has 47 heavy (non-hydrogen) atoms. The summed E-state index contributed by atoms with van der Waals surface area (Å²) in [6.45, 7) is 6.76. The number of piperazine rings is 1. The van der Waals surface area contributed by atoms with Crippen molar-refractivity contribution in [2.45, 2.75) is 56.8 Å². The van der Waals surface area contributed by atoms with Gasteiger partial charge in [-0.3, -0.25) is 9.69 Å². The van der Waals surface area contributed by atoms with E-state index in [4.69, 9.17) is 28.5 Å². The summed E-state index contributed by atoms with van der Waals surface area (Å²) in [5.41, 5.74) is 9.37. The molecule has 4 amide bonds. The van der Waals surface area contributed by atoms with E-state index in [1.54, 1.807) is 17.0 Å². The highest BCUT2D eigenvalue weighted by atomic mass is 35.5. The highest BCUT2D eigenvalue weighted by molar-refractivity contribution is 6.33. The van der Waals surface area contributed by atoms with Crippen molar-refractivity contribution in [3.63, 3.8) is 0 Å². The lowest BCUT2D eigenvalue weighted by atomic mass is 9.99. The van der Waals surface area contributed by atoms with Crippen LogP contribution >= 0.6 is 11.6 Å². The van der Waals surface area contributed by atoms with Crippen LogP contribution in [0.4, 0.5) is 21.0 Å². The SMILES string of the molecule is C#Cc1cc(C[C@@H](OC(=O)N2CCC(N3Cc4ccccc4NC3=O)CC2)C(=O)N2CCC(N3CCN(C)CC3)CC2)cc(Cl)c1N. The van der Waals surface area contributed by atoms with Crippen LogP contribution in [0.15, 0.2) is 36.4 Å². The Morgan fingerprint density at radius 3 is 2.36 bits per heavy atom. The van der Waals surface area contributed by atoms with Crippen LogP contribution in [0.25, 0.3) is 0 Å². The number of amides is 4. The number of hydrogen-bond acceptors (Lipinski definition) is 7. The second kappa shape index (κ2) is 14.4. The molecule has 0 radical (unpaired) electrons. The summed E-state index contributed by atoms with van der Waals surface area (Å²) in [7, 11) is 2.15. The average Bonchev–Trinajstić information content (AvgIpc) is 3.09. The van der Waals surface area contributed by atoms with E-state index in [2.05, 4.69) is 28.1 Å². The molecule has 2 aromatic carbocycles. The smallest absolute Gasteiger partial charge is 0.410 e. The number of carbonyl (C=O) groups excluding carboxylic acids is 3. The van der Waals surface area contributed by atoms with Crippen LogP contribution in [0.1, 0.15) is 42.4 Å². The van der Waals surface area contributed by atoms with E-state index in [9.17, 15) is 14.4 Å². The number of nitrogen functional groups attached to an aromatic ring is 1. The first-order valence-corrected chi connectivity index (χ1v) is 16.9. The molecular weight excluding hydrogens is 618 g/mol. The Kier molecular flexibility index (Phi) is 10.1. The van der Waals surface area contributed by atoms with Gasteiger partial charge in [-0.25, -0.2) is 9.59 Å². The van der Waals surface area contributed by atoms with Gasteiger partial charge >= 0.3 is 12.1 Å². The molecule has 0 spiro atoms. The van der Waals surface area contributed by atoms with E-state index in [-0.39, 0.29) is 24.4 Å². The molecule has 4 aliphatic heterocycles. The molecular formula is C35H44ClN7O4. The van der Waals surface area contributed by atoms with E-state index in [0.717, 1.165) is 50.3 Å². The van der Waals surface area contributed by atoms with Crippen molar-refractivity contribution in [3.8, 4) is 12.3 Å². The number of ether oxygens (including phenoxy) is 1. The second-order valence-electron chi connectivity index (χ2n) is 13.1. The van der Waals surface area contributed by atoms with E-state index in [1.807, 2.05) is 34.1 Å². The molecule has 6 rings (SSSR count). The third-order valence-corrected chi connectivity index (χ3v) is 10.5. The summed E-state index contributed by atoms with van der Waals surface area (Å²) < 4.78 is 6.02. The highest BCUT2D eigenvalue weighted by Gasteiger charge is 2.37. The number of fused-ring (bicyclic) bond motifs is 1. The van der Waals surface area contributed by atoms with Gasteiger partial charge in [0.2, 0.25) is 0 Å². The van der Waals surface area contributed by atoms with Gasteiger partial charge in [0.1, 0.15) is 0 Å². The van der Waals surface area contributed by atoms with Crippen LogP contribution < -0.4 is 11.1 Å². The third-order valence-electron chi connectivity index (χ3n) is 10.1. The van der Waals surface area contributed by atoms with E-state index < -0.39 is 12.2 Å². The molecule has 250 valence electrons. The van der Waals surface area contributed by atoms with Crippen molar-refractivity contribution in [1.29, 1.82) is 0 Å². The Hall–Kier alpha value is -3.98. The summed E-state index contributed by atoms with van der Waals surface area (Å²) in [5, 5.41) is 3.28. The Balaban J connectivity index is 1.10. The topological polar surface area (TPSA) is 115 Å². The summed E-state index contributed by atoms with van der Waals surface area (Å²) in [5.74, 6) is 2.33. The number of terminal acetylenes is 1. The molecule has 0 bridgehead atoms. The Morgan fingerprint density at radius 2 is 1.66 bits per heavy atom. The van der Waals surface area contributed by atoms with Gasteiger partial charge in [0.05, 0.1) is 10.7 Å². The maximum Gasteiger partial charge on any atom is 0.410 e. The number of nitrogens with two attached hydrogens (primary N) is 1. The lowest BCUT2D eigenvalue weighted by Crippen LogP contribution is -2.55. The highest BCUT2D eigenvalue weighted by Crippen LogP contribution is 2.29. The number of hydrogen-bond donors (Lipinski definition) is 2. The first-order valence-electron chi connectivity index (χ1n) is 16.6. The molecule has 3 saturated heterocycles. The fourth-order valence-corrected chi connectivity index (χ4v) is 7.46. The first kappa shape index (κ1) is 32.9. The lowest BCUT2D eigenvalue weighted by Gasteiger charge is -2.42. The zero-order chi connectivity index (χ0) is 33.1. The second-order valence-corrected chi connectivity index (χ2v) is 13.5. The molecule has 4 aliphatic rings. The van der Waals surface area contributed by atoms with E-state index in [1.165, 1.54) is 0 Å². The van der Waals surface area contributed by atoms with Gasteiger partial charge in [-0.2, -0.15) is 0 Å². The van der Waals surface area contributed by atoms with Crippen LogP contribution in [0.3, 0.4) is 0 Å². The number of anilines is 2. The molecule has 1 atom stereocenters. The number of benzene rings is 2. The van der Waals surface area contributed by atoms with Gasteiger partial charge < -0.3 is 35.4 Å². The molecule has 4 heterocycles. The molecule has 12 heteroatoms. The van der Waals surface area contributed by atoms with Gasteiger partial charge in [-0.15, -0.1) is 6.42 Å². The number of piperidine rings is 2. The minimum Gasteiger partial charge on any atom is -0.436 e. The van der Waals surface area contributed by atoms with Gasteiger partial charge in [0.25, 0.3) is 5.91 Å². The van der Waals surface area contributed by atoms with Crippen molar-refractivity contribution in [2.24, 2.45) is 0 Å². The number of likely N-dealkylation sites (N-methyl/N-ethyl adjacent to an activating group) is 1. The minimum atomic E-state index is -1.05. The van der Waals surface area contributed by atoms with Gasteiger partial charge in [-0.05, 0) is 62.1 Å². The summed E-state index contributed by atoms with van der Waals surface area (Å²) >= 11 is 6.38. The van der Waals surface area contributed by atoms with Crippen LogP contribution in [0, 0.1) is 12.3 Å². The zero-order valence-corrected chi connectivity index (χ0v) is 27.8. The standard InChI is InChI=1S/C35H44ClN7O4/c1-3-25-20-24(21-29(36)32(25)37)22-31(33(44)41-12-8-27(9-13-41)40-18-16-39(2)17-19-40)47-35(46)42-14-10-28(11-15-42)43-23-26-6-4-5-7-30(26)38-34(43)45/h1,4-7,20-21,27-28,31H,8-19,22-23,37H2,2H3,(H,38,45)/t31-/m1/s1. The van der Waals surface area contributed by atoms with Crippen molar-refractivity contribution in [3.05, 3.63) is 58.1 Å². The molecule has 2 aromatic rings. The number of carbonyl (C=O) groups is 3. The maximum absolute atomic E-state index is 14.0. The molecule has 0 unspecified atom stereocenters. The van der Waals surface area contributed by atoms with Crippen LogP contribution in [-0.4, -0.2) is 120 Å². The molecule has 3 N–H and O–H groups in total. The third kappa shape index (κ3) is 7.45. The number of halogens is 1. The van der Waals surface area contributed by atoms with Gasteiger partial charge in [0.15, 0.2) is 6.10 Å². The monoisotopic (exact) mass is 661 g/mol. The minimum absolute atomic E-state index is 0.00876. The van der Waals surface area contributed by atoms with Gasteiger partial charge in [0, 0.05) is 88.7 Å². The van der Waals surface area contributed by atoms with Crippen LogP contribution in [-0.2, 0) is 22.5 Å². The quantitative estimate of drug-likeness (QED) is 0.359. The number of rotatable bonds is 6. The van der Waals surface area contributed by atoms with Crippen LogP contribution in [0.5, 0.6) is 0 Å². The predicted octanol–water partition coefficient (Wildman–Crippen LogP) is 3.70. The normalized spacial score (nSPS) is 20.7. The average molecular weight is 662 g/mol. The largest absolute Gasteiger partial charge is 0.436 e. The van der Waals surface area contributed by atoms with Crippen molar-refractivity contribution in [1.82, 2.24) is 24.5 Å². The summed E-state index contributed by atoms with van der Waals surface area (Å²) in [6.07, 6.45) is 7.19.